The second-order valence-corrected chi connectivity index (χ2v) is 3.70. The monoisotopic (exact) mass is 243 g/mol. The zero-order valence-corrected chi connectivity index (χ0v) is 9.20. The van der Waals surface area contributed by atoms with E-state index < -0.39 is 23.8 Å². The minimum Gasteiger partial charge on any atom is -0.391 e. The number of halogens is 3. The SMILES string of the molecule is CCC(O)C(C#N)c1ccc(C(F)(F)F)cc1. The number of aliphatic hydroxyl groups excluding tert-OH is 1. The van der Waals surface area contributed by atoms with Crippen LogP contribution in [-0.4, -0.2) is 11.2 Å². The summed E-state index contributed by atoms with van der Waals surface area (Å²) in [6, 6.07) is 6.20. The van der Waals surface area contributed by atoms with Gasteiger partial charge in [0.05, 0.1) is 23.7 Å². The van der Waals surface area contributed by atoms with Crippen molar-refractivity contribution in [2.24, 2.45) is 0 Å². The average molecular weight is 243 g/mol. The molecule has 0 saturated carbocycles. The molecule has 92 valence electrons. The lowest BCUT2D eigenvalue weighted by Gasteiger charge is -2.15. The van der Waals surface area contributed by atoms with Gasteiger partial charge >= 0.3 is 6.18 Å². The van der Waals surface area contributed by atoms with Crippen molar-refractivity contribution in [1.82, 2.24) is 0 Å². The molecule has 2 unspecified atom stereocenters. The first-order valence-corrected chi connectivity index (χ1v) is 5.15. The molecule has 0 saturated heterocycles. The van der Waals surface area contributed by atoms with E-state index in [1.54, 1.807) is 6.92 Å². The number of alkyl halides is 3. The average Bonchev–Trinajstić information content (AvgIpc) is 2.29. The molecular weight excluding hydrogens is 231 g/mol. The second-order valence-electron chi connectivity index (χ2n) is 3.70. The number of hydrogen-bond donors (Lipinski definition) is 1. The van der Waals surface area contributed by atoms with Crippen LogP contribution in [0.15, 0.2) is 24.3 Å². The van der Waals surface area contributed by atoms with Gasteiger partial charge in [0.1, 0.15) is 0 Å². The number of nitrogens with zero attached hydrogens (tertiary/aromatic N) is 1. The fourth-order valence-electron chi connectivity index (χ4n) is 1.50. The fraction of sp³-hybridized carbons (Fsp3) is 0.417. The van der Waals surface area contributed by atoms with Gasteiger partial charge in [0.15, 0.2) is 0 Å². The molecule has 1 N–H and O–H groups in total. The molecule has 0 aromatic heterocycles. The van der Waals surface area contributed by atoms with Crippen molar-refractivity contribution in [2.45, 2.75) is 31.5 Å². The normalized spacial score (nSPS) is 15.1. The first kappa shape index (κ1) is 13.5. The quantitative estimate of drug-likeness (QED) is 0.886. The Labute approximate surface area is 97.3 Å². The molecule has 0 radical (unpaired) electrons. The topological polar surface area (TPSA) is 44.0 Å². The van der Waals surface area contributed by atoms with Crippen LogP contribution in [0.5, 0.6) is 0 Å². The maximum atomic E-state index is 12.3. The van der Waals surface area contributed by atoms with E-state index in [1.807, 2.05) is 6.07 Å². The van der Waals surface area contributed by atoms with Gasteiger partial charge in [0, 0.05) is 0 Å². The highest BCUT2D eigenvalue weighted by molar-refractivity contribution is 5.31. The van der Waals surface area contributed by atoms with Gasteiger partial charge in [-0.05, 0) is 24.1 Å². The van der Waals surface area contributed by atoms with E-state index in [2.05, 4.69) is 0 Å². The van der Waals surface area contributed by atoms with Gasteiger partial charge in [-0.15, -0.1) is 0 Å². The highest BCUT2D eigenvalue weighted by Gasteiger charge is 2.30. The first-order chi connectivity index (χ1) is 7.90. The van der Waals surface area contributed by atoms with Crippen molar-refractivity contribution >= 4 is 0 Å². The van der Waals surface area contributed by atoms with Gasteiger partial charge in [-0.2, -0.15) is 18.4 Å². The molecule has 0 aliphatic carbocycles. The molecule has 17 heavy (non-hydrogen) atoms. The summed E-state index contributed by atoms with van der Waals surface area (Å²) in [4.78, 5) is 0. The van der Waals surface area contributed by atoms with Crippen LogP contribution in [0.2, 0.25) is 0 Å². The molecule has 0 aliphatic heterocycles. The lowest BCUT2D eigenvalue weighted by Crippen LogP contribution is -2.16. The Morgan fingerprint density at radius 3 is 2.18 bits per heavy atom. The third-order valence-corrected chi connectivity index (χ3v) is 2.54. The first-order valence-electron chi connectivity index (χ1n) is 5.15. The van der Waals surface area contributed by atoms with E-state index in [0.717, 1.165) is 12.1 Å². The van der Waals surface area contributed by atoms with Crippen molar-refractivity contribution in [3.63, 3.8) is 0 Å². The van der Waals surface area contributed by atoms with Crippen molar-refractivity contribution in [1.29, 1.82) is 5.26 Å². The van der Waals surface area contributed by atoms with Crippen LogP contribution in [0.4, 0.5) is 13.2 Å². The Balaban J connectivity index is 2.98. The molecule has 2 nitrogen and oxygen atoms in total. The number of rotatable bonds is 3. The Hall–Kier alpha value is -1.54. The smallest absolute Gasteiger partial charge is 0.391 e. The predicted molar refractivity (Wildman–Crippen MR) is 56.1 cm³/mol. The summed E-state index contributed by atoms with van der Waals surface area (Å²) < 4.78 is 36.9. The van der Waals surface area contributed by atoms with Crippen molar-refractivity contribution in [2.75, 3.05) is 0 Å². The summed E-state index contributed by atoms with van der Waals surface area (Å²) in [6.07, 6.45) is -4.87. The Kier molecular flexibility index (Phi) is 4.13. The zero-order valence-electron chi connectivity index (χ0n) is 9.20. The van der Waals surface area contributed by atoms with Crippen LogP contribution in [0, 0.1) is 11.3 Å². The molecule has 1 aromatic carbocycles. The summed E-state index contributed by atoms with van der Waals surface area (Å²) in [5.41, 5.74) is -0.362. The number of aliphatic hydroxyl groups is 1. The van der Waals surface area contributed by atoms with Crippen LogP contribution in [0.1, 0.15) is 30.4 Å². The third-order valence-electron chi connectivity index (χ3n) is 2.54. The van der Waals surface area contributed by atoms with Gasteiger partial charge in [-0.1, -0.05) is 19.1 Å². The molecule has 0 aliphatic rings. The van der Waals surface area contributed by atoms with Crippen LogP contribution in [-0.2, 0) is 6.18 Å². The van der Waals surface area contributed by atoms with E-state index in [-0.39, 0.29) is 0 Å². The minimum atomic E-state index is -4.38. The van der Waals surface area contributed by atoms with E-state index >= 15 is 0 Å². The van der Waals surface area contributed by atoms with Gasteiger partial charge in [0.2, 0.25) is 0 Å². The van der Waals surface area contributed by atoms with Crippen molar-refractivity contribution in [3.05, 3.63) is 35.4 Å². The van der Waals surface area contributed by atoms with Crippen LogP contribution >= 0.6 is 0 Å². The van der Waals surface area contributed by atoms with E-state index in [9.17, 15) is 18.3 Å². The number of benzene rings is 1. The standard InChI is InChI=1S/C12H12F3NO/c1-2-11(17)10(7-16)8-3-5-9(6-4-8)12(13,14)15/h3-6,10-11,17H,2H2,1H3. The Bertz CT molecular complexity index is 405. The molecule has 0 amide bonds. The molecular formula is C12H12F3NO. The van der Waals surface area contributed by atoms with E-state index in [1.165, 1.54) is 12.1 Å². The van der Waals surface area contributed by atoms with Crippen LogP contribution in [0.3, 0.4) is 0 Å². The molecule has 1 aromatic rings. The highest BCUT2D eigenvalue weighted by atomic mass is 19.4. The molecule has 0 bridgehead atoms. The summed E-state index contributed by atoms with van der Waals surface area (Å²) in [5.74, 6) is -0.790. The van der Waals surface area contributed by atoms with E-state index in [4.69, 9.17) is 5.26 Å². The fourth-order valence-corrected chi connectivity index (χ4v) is 1.50. The molecule has 1 rings (SSSR count). The Morgan fingerprint density at radius 2 is 1.82 bits per heavy atom. The summed E-state index contributed by atoms with van der Waals surface area (Å²) in [7, 11) is 0. The van der Waals surface area contributed by atoms with Gasteiger partial charge in [-0.25, -0.2) is 0 Å². The Morgan fingerprint density at radius 1 is 1.29 bits per heavy atom. The number of hydrogen-bond acceptors (Lipinski definition) is 2. The predicted octanol–water partition coefficient (Wildman–Crippen LogP) is 3.08. The molecule has 5 heteroatoms. The van der Waals surface area contributed by atoms with Crippen LogP contribution < -0.4 is 0 Å². The maximum absolute atomic E-state index is 12.3. The largest absolute Gasteiger partial charge is 0.416 e. The lowest BCUT2D eigenvalue weighted by molar-refractivity contribution is -0.137. The van der Waals surface area contributed by atoms with Gasteiger partial charge in [0.25, 0.3) is 0 Å². The zero-order chi connectivity index (χ0) is 13.1. The third kappa shape index (κ3) is 3.21. The van der Waals surface area contributed by atoms with Gasteiger partial charge < -0.3 is 5.11 Å². The highest BCUT2D eigenvalue weighted by Crippen LogP contribution is 2.30. The minimum absolute atomic E-state index is 0.374. The lowest BCUT2D eigenvalue weighted by atomic mass is 9.92. The van der Waals surface area contributed by atoms with Gasteiger partial charge in [-0.3, -0.25) is 0 Å². The van der Waals surface area contributed by atoms with Crippen molar-refractivity contribution in [3.8, 4) is 6.07 Å². The molecule has 0 spiro atoms. The summed E-state index contributed by atoms with van der Waals surface area (Å²) in [6.45, 7) is 1.71. The molecule has 2 atom stereocenters. The summed E-state index contributed by atoms with van der Waals surface area (Å²) >= 11 is 0. The van der Waals surface area contributed by atoms with E-state index in [0.29, 0.717) is 12.0 Å². The molecule has 0 heterocycles. The second kappa shape index (κ2) is 5.19. The van der Waals surface area contributed by atoms with Crippen molar-refractivity contribution < 1.29 is 18.3 Å². The summed E-state index contributed by atoms with van der Waals surface area (Å²) in [5, 5.41) is 18.4. The number of nitriles is 1. The molecule has 0 fully saturated rings. The maximum Gasteiger partial charge on any atom is 0.416 e. The van der Waals surface area contributed by atoms with Crippen LogP contribution in [0.25, 0.3) is 0 Å².